The quantitative estimate of drug-likeness (QED) is 0.768. The van der Waals surface area contributed by atoms with Crippen molar-refractivity contribution >= 4 is 33.2 Å². The molecular weight excluding hydrogens is 294 g/mol. The van der Waals surface area contributed by atoms with Gasteiger partial charge in [-0.15, -0.1) is 0 Å². The molecule has 1 aliphatic heterocycles. The molecule has 114 valence electrons. The fourth-order valence-corrected chi connectivity index (χ4v) is 3.73. The van der Waals surface area contributed by atoms with E-state index < -0.39 is 21.8 Å². The lowest BCUT2D eigenvalue weighted by Gasteiger charge is -2.28. The molecule has 1 aromatic rings. The Hall–Kier alpha value is -2.09. The number of rotatable bonds is 2. The predicted octanol–water partition coefficient (Wildman–Crippen LogP) is 0.301. The lowest BCUT2D eigenvalue weighted by molar-refractivity contribution is -0.135. The Balaban J connectivity index is 2.12. The number of amides is 2. The first-order valence-corrected chi connectivity index (χ1v) is 8.18. The summed E-state index contributed by atoms with van der Waals surface area (Å²) in [4.78, 5) is 22.5. The fraction of sp³-hybridized carbons (Fsp3) is 0.385. The van der Waals surface area contributed by atoms with Gasteiger partial charge in [-0.25, -0.2) is 8.42 Å². The summed E-state index contributed by atoms with van der Waals surface area (Å²) in [5.41, 5.74) is 0.995. The van der Waals surface area contributed by atoms with Crippen LogP contribution in [0.3, 0.4) is 0 Å². The third-order valence-electron chi connectivity index (χ3n) is 3.20. The summed E-state index contributed by atoms with van der Waals surface area (Å²) >= 11 is 0. The molecule has 2 N–H and O–H groups in total. The first kappa shape index (κ1) is 15.3. The zero-order chi connectivity index (χ0) is 15.5. The van der Waals surface area contributed by atoms with Crippen LogP contribution < -0.4 is 14.9 Å². The summed E-state index contributed by atoms with van der Waals surface area (Å²) in [5.74, 6) is -1.35. The van der Waals surface area contributed by atoms with Gasteiger partial charge in [0.05, 0.1) is 11.4 Å². The number of nitrogens with zero attached hydrogens (tertiary/aromatic N) is 1. The Morgan fingerprint density at radius 3 is 2.33 bits per heavy atom. The number of anilines is 2. The van der Waals surface area contributed by atoms with Crippen molar-refractivity contribution in [2.45, 2.75) is 12.8 Å². The van der Waals surface area contributed by atoms with E-state index in [0.29, 0.717) is 24.3 Å². The summed E-state index contributed by atoms with van der Waals surface area (Å²) in [6.45, 7) is 0.465. The van der Waals surface area contributed by atoms with Gasteiger partial charge in [0, 0.05) is 19.3 Å². The maximum atomic E-state index is 12.0. The summed E-state index contributed by atoms with van der Waals surface area (Å²) < 4.78 is 25.3. The second-order valence-corrected chi connectivity index (χ2v) is 6.69. The van der Waals surface area contributed by atoms with E-state index in [0.717, 1.165) is 6.42 Å². The van der Waals surface area contributed by atoms with Crippen molar-refractivity contribution in [2.75, 3.05) is 29.0 Å². The van der Waals surface area contributed by atoms with Crippen molar-refractivity contribution in [1.29, 1.82) is 0 Å². The molecule has 0 saturated carbocycles. The SMILES string of the molecule is CNC(=O)C(=O)Nc1ccc(N2CCCCS2(=O)=O)cc1. The highest BCUT2D eigenvalue weighted by molar-refractivity contribution is 7.92. The molecule has 0 aromatic heterocycles. The molecule has 0 radical (unpaired) electrons. The number of likely N-dealkylation sites (N-methyl/N-ethyl adjacent to an activating group) is 1. The van der Waals surface area contributed by atoms with Crippen molar-refractivity contribution in [1.82, 2.24) is 5.32 Å². The summed E-state index contributed by atoms with van der Waals surface area (Å²) in [6.07, 6.45) is 1.51. The summed E-state index contributed by atoms with van der Waals surface area (Å²) in [6, 6.07) is 6.37. The Morgan fingerprint density at radius 1 is 1.10 bits per heavy atom. The van der Waals surface area contributed by atoms with Gasteiger partial charge in [0.15, 0.2) is 0 Å². The number of nitrogens with one attached hydrogen (secondary N) is 2. The predicted molar refractivity (Wildman–Crippen MR) is 79.5 cm³/mol. The Labute approximate surface area is 123 Å². The number of sulfonamides is 1. The van der Waals surface area contributed by atoms with E-state index in [1.807, 2.05) is 0 Å². The van der Waals surface area contributed by atoms with E-state index in [1.165, 1.54) is 11.4 Å². The standard InChI is InChI=1S/C13H17N3O4S/c1-14-12(17)13(18)15-10-4-6-11(7-5-10)16-8-2-3-9-21(16,19)20/h4-7H,2-3,8-9H2,1H3,(H,14,17)(H,15,18). The third-order valence-corrected chi connectivity index (χ3v) is 5.07. The van der Waals surface area contributed by atoms with E-state index in [4.69, 9.17) is 0 Å². The molecule has 21 heavy (non-hydrogen) atoms. The Kier molecular flexibility index (Phi) is 4.46. The van der Waals surface area contributed by atoms with Gasteiger partial charge < -0.3 is 10.6 Å². The normalized spacial score (nSPS) is 17.1. The highest BCUT2D eigenvalue weighted by Gasteiger charge is 2.25. The molecule has 1 saturated heterocycles. The van der Waals surface area contributed by atoms with E-state index >= 15 is 0 Å². The van der Waals surface area contributed by atoms with Gasteiger partial charge in [0.25, 0.3) is 0 Å². The average Bonchev–Trinajstić information content (AvgIpc) is 2.47. The maximum Gasteiger partial charge on any atom is 0.313 e. The molecular formula is C13H17N3O4S. The molecule has 1 aromatic carbocycles. The van der Waals surface area contributed by atoms with Gasteiger partial charge in [0.1, 0.15) is 0 Å². The molecule has 0 bridgehead atoms. The van der Waals surface area contributed by atoms with Crippen molar-refractivity contribution in [3.05, 3.63) is 24.3 Å². The van der Waals surface area contributed by atoms with Crippen LogP contribution in [0.1, 0.15) is 12.8 Å². The number of carbonyl (C=O) groups is 2. The monoisotopic (exact) mass is 311 g/mol. The molecule has 0 atom stereocenters. The van der Waals surface area contributed by atoms with E-state index in [-0.39, 0.29) is 5.75 Å². The summed E-state index contributed by atoms with van der Waals surface area (Å²) in [5, 5.41) is 4.64. The van der Waals surface area contributed by atoms with Gasteiger partial charge in [-0.05, 0) is 37.1 Å². The van der Waals surface area contributed by atoms with Crippen LogP contribution in [0.2, 0.25) is 0 Å². The van der Waals surface area contributed by atoms with Crippen molar-refractivity contribution in [3.63, 3.8) is 0 Å². The molecule has 2 amide bonds. The zero-order valence-electron chi connectivity index (χ0n) is 11.6. The highest BCUT2D eigenvalue weighted by atomic mass is 32.2. The molecule has 0 aliphatic carbocycles. The van der Waals surface area contributed by atoms with Crippen LogP contribution in [0.25, 0.3) is 0 Å². The lowest BCUT2D eigenvalue weighted by atomic mass is 10.2. The smallest absolute Gasteiger partial charge is 0.313 e. The minimum atomic E-state index is -3.25. The molecule has 7 nitrogen and oxygen atoms in total. The van der Waals surface area contributed by atoms with Gasteiger partial charge in [0.2, 0.25) is 10.0 Å². The van der Waals surface area contributed by atoms with E-state index in [9.17, 15) is 18.0 Å². The van der Waals surface area contributed by atoms with E-state index in [2.05, 4.69) is 10.6 Å². The number of carbonyl (C=O) groups excluding carboxylic acids is 2. The van der Waals surface area contributed by atoms with Crippen LogP contribution in [0.15, 0.2) is 24.3 Å². The maximum absolute atomic E-state index is 12.0. The molecule has 2 rings (SSSR count). The second-order valence-electron chi connectivity index (χ2n) is 4.68. The average molecular weight is 311 g/mol. The molecule has 1 fully saturated rings. The van der Waals surface area contributed by atoms with Gasteiger partial charge in [-0.2, -0.15) is 0 Å². The summed E-state index contributed by atoms with van der Waals surface area (Å²) in [7, 11) is -1.88. The van der Waals surface area contributed by atoms with Crippen molar-refractivity contribution in [3.8, 4) is 0 Å². The zero-order valence-corrected chi connectivity index (χ0v) is 12.4. The van der Waals surface area contributed by atoms with Crippen LogP contribution in [-0.2, 0) is 19.6 Å². The minimum Gasteiger partial charge on any atom is -0.351 e. The fourth-order valence-electron chi connectivity index (χ4n) is 2.09. The minimum absolute atomic E-state index is 0.155. The molecule has 1 aliphatic rings. The lowest BCUT2D eigenvalue weighted by Crippen LogP contribution is -2.37. The van der Waals surface area contributed by atoms with Gasteiger partial charge in [-0.3, -0.25) is 13.9 Å². The molecule has 1 heterocycles. The second kappa shape index (κ2) is 6.13. The molecule has 0 unspecified atom stereocenters. The number of hydrogen-bond acceptors (Lipinski definition) is 4. The van der Waals surface area contributed by atoms with Crippen LogP contribution in [0.5, 0.6) is 0 Å². The molecule has 0 spiro atoms. The van der Waals surface area contributed by atoms with Crippen molar-refractivity contribution < 1.29 is 18.0 Å². The van der Waals surface area contributed by atoms with Crippen LogP contribution in [0.4, 0.5) is 11.4 Å². The Morgan fingerprint density at radius 2 is 1.76 bits per heavy atom. The van der Waals surface area contributed by atoms with Gasteiger partial charge >= 0.3 is 11.8 Å². The van der Waals surface area contributed by atoms with Crippen LogP contribution >= 0.6 is 0 Å². The number of benzene rings is 1. The van der Waals surface area contributed by atoms with Crippen LogP contribution in [0, 0.1) is 0 Å². The first-order valence-electron chi connectivity index (χ1n) is 6.57. The van der Waals surface area contributed by atoms with Gasteiger partial charge in [-0.1, -0.05) is 0 Å². The largest absolute Gasteiger partial charge is 0.351 e. The third kappa shape index (κ3) is 3.52. The topological polar surface area (TPSA) is 95.6 Å². The van der Waals surface area contributed by atoms with Crippen molar-refractivity contribution in [2.24, 2.45) is 0 Å². The van der Waals surface area contributed by atoms with Crippen LogP contribution in [-0.4, -0.2) is 39.6 Å². The number of hydrogen-bond donors (Lipinski definition) is 2. The first-order chi connectivity index (χ1) is 9.94. The Bertz CT molecular complexity index is 640. The highest BCUT2D eigenvalue weighted by Crippen LogP contribution is 2.24. The molecule has 8 heteroatoms. The van der Waals surface area contributed by atoms with E-state index in [1.54, 1.807) is 24.3 Å².